The lowest BCUT2D eigenvalue weighted by atomic mass is 9.75. The summed E-state index contributed by atoms with van der Waals surface area (Å²) < 4.78 is 13.5. The van der Waals surface area contributed by atoms with E-state index in [1.807, 2.05) is 13.1 Å². The van der Waals surface area contributed by atoms with E-state index in [0.717, 1.165) is 12.2 Å². The number of aryl methyl sites for hydroxylation is 1. The minimum atomic E-state index is -0.236. The first-order valence-electron chi connectivity index (χ1n) is 6.80. The number of anilines is 2. The monoisotopic (exact) mass is 265 g/mol. The first-order chi connectivity index (χ1) is 8.85. The Bertz CT molecular complexity index is 467. The average molecular weight is 265 g/mol. The van der Waals surface area contributed by atoms with Crippen LogP contribution in [0, 0.1) is 12.7 Å². The van der Waals surface area contributed by atoms with Crippen molar-refractivity contribution >= 4 is 11.4 Å². The van der Waals surface area contributed by atoms with Gasteiger partial charge in [-0.3, -0.25) is 0 Å². The van der Waals surface area contributed by atoms with Gasteiger partial charge in [0.25, 0.3) is 0 Å². The normalized spacial score (nSPS) is 17.4. The minimum Gasteiger partial charge on any atom is -0.397 e. The lowest BCUT2D eigenvalue weighted by Crippen LogP contribution is -2.56. The molecule has 1 saturated carbocycles. The molecule has 0 saturated heterocycles. The molecule has 0 radical (unpaired) electrons. The predicted molar refractivity (Wildman–Crippen MR) is 79.1 cm³/mol. The SMILES string of the molecule is Cc1cc(N(C)CC2(N(C)C)CCC2)c(N)cc1F. The fourth-order valence-corrected chi connectivity index (χ4v) is 2.87. The molecule has 0 atom stereocenters. The molecule has 0 amide bonds. The van der Waals surface area contributed by atoms with Gasteiger partial charge in [-0.15, -0.1) is 0 Å². The third-order valence-corrected chi connectivity index (χ3v) is 4.48. The van der Waals surface area contributed by atoms with Crippen molar-refractivity contribution in [2.75, 3.05) is 38.3 Å². The highest BCUT2D eigenvalue weighted by Crippen LogP contribution is 2.38. The zero-order chi connectivity index (χ0) is 14.2. The van der Waals surface area contributed by atoms with Crippen LogP contribution in [-0.4, -0.2) is 38.1 Å². The summed E-state index contributed by atoms with van der Waals surface area (Å²) in [5, 5.41) is 0. The summed E-state index contributed by atoms with van der Waals surface area (Å²) in [5.74, 6) is -0.236. The maximum absolute atomic E-state index is 13.5. The largest absolute Gasteiger partial charge is 0.397 e. The van der Waals surface area contributed by atoms with Gasteiger partial charge in [-0.1, -0.05) is 0 Å². The first kappa shape index (κ1) is 14.1. The third kappa shape index (κ3) is 2.54. The van der Waals surface area contributed by atoms with Crippen LogP contribution < -0.4 is 10.6 Å². The van der Waals surface area contributed by atoms with Crippen LogP contribution in [0.4, 0.5) is 15.8 Å². The van der Waals surface area contributed by atoms with E-state index in [-0.39, 0.29) is 11.4 Å². The Balaban J connectivity index is 2.20. The van der Waals surface area contributed by atoms with E-state index in [2.05, 4.69) is 23.9 Å². The van der Waals surface area contributed by atoms with Gasteiger partial charge < -0.3 is 15.5 Å². The molecule has 0 unspecified atom stereocenters. The molecule has 1 aromatic carbocycles. The number of likely N-dealkylation sites (N-methyl/N-ethyl adjacent to an activating group) is 2. The Kier molecular flexibility index (Phi) is 3.72. The number of nitrogens with two attached hydrogens (primary N) is 1. The molecule has 0 aliphatic heterocycles. The fourth-order valence-electron chi connectivity index (χ4n) is 2.87. The van der Waals surface area contributed by atoms with Crippen molar-refractivity contribution in [3.05, 3.63) is 23.5 Å². The lowest BCUT2D eigenvalue weighted by molar-refractivity contribution is 0.0683. The summed E-state index contributed by atoms with van der Waals surface area (Å²) in [6, 6.07) is 3.26. The van der Waals surface area contributed by atoms with E-state index in [1.165, 1.54) is 25.3 Å². The van der Waals surface area contributed by atoms with Gasteiger partial charge in [-0.25, -0.2) is 4.39 Å². The summed E-state index contributed by atoms with van der Waals surface area (Å²) in [4.78, 5) is 4.46. The zero-order valence-corrected chi connectivity index (χ0v) is 12.3. The molecule has 3 nitrogen and oxygen atoms in total. The van der Waals surface area contributed by atoms with Crippen LogP contribution in [0.15, 0.2) is 12.1 Å². The zero-order valence-electron chi connectivity index (χ0n) is 12.3. The van der Waals surface area contributed by atoms with Crippen LogP contribution in [0.1, 0.15) is 24.8 Å². The minimum absolute atomic E-state index is 0.236. The quantitative estimate of drug-likeness (QED) is 0.849. The van der Waals surface area contributed by atoms with E-state index >= 15 is 0 Å². The predicted octanol–water partition coefficient (Wildman–Crippen LogP) is 2.64. The van der Waals surface area contributed by atoms with Gasteiger partial charge in [0.15, 0.2) is 0 Å². The Hall–Kier alpha value is -1.29. The molecule has 2 rings (SSSR count). The molecule has 1 aliphatic carbocycles. The number of halogens is 1. The molecular weight excluding hydrogens is 241 g/mol. The molecule has 19 heavy (non-hydrogen) atoms. The van der Waals surface area contributed by atoms with Crippen molar-refractivity contribution in [1.82, 2.24) is 4.90 Å². The number of nitrogen functional groups attached to an aromatic ring is 1. The second-order valence-electron chi connectivity index (χ2n) is 5.99. The molecule has 0 aromatic heterocycles. The third-order valence-electron chi connectivity index (χ3n) is 4.48. The van der Waals surface area contributed by atoms with Crippen molar-refractivity contribution in [2.45, 2.75) is 31.7 Å². The Morgan fingerprint density at radius 2 is 1.89 bits per heavy atom. The van der Waals surface area contributed by atoms with Crippen molar-refractivity contribution in [3.8, 4) is 0 Å². The van der Waals surface area contributed by atoms with Crippen LogP contribution in [0.2, 0.25) is 0 Å². The summed E-state index contributed by atoms with van der Waals surface area (Å²) in [5.41, 5.74) is 8.27. The Morgan fingerprint density at radius 3 is 2.37 bits per heavy atom. The highest BCUT2D eigenvalue weighted by Gasteiger charge is 2.40. The highest BCUT2D eigenvalue weighted by atomic mass is 19.1. The second-order valence-corrected chi connectivity index (χ2v) is 5.99. The summed E-state index contributed by atoms with van der Waals surface area (Å²) in [6.07, 6.45) is 3.71. The van der Waals surface area contributed by atoms with Crippen LogP contribution in [0.25, 0.3) is 0 Å². The topological polar surface area (TPSA) is 32.5 Å². The number of benzene rings is 1. The highest BCUT2D eigenvalue weighted by molar-refractivity contribution is 5.68. The lowest BCUT2D eigenvalue weighted by Gasteiger charge is -2.49. The summed E-state index contributed by atoms with van der Waals surface area (Å²) >= 11 is 0. The first-order valence-corrected chi connectivity index (χ1v) is 6.80. The van der Waals surface area contributed by atoms with Gasteiger partial charge in [0.05, 0.1) is 11.4 Å². The average Bonchev–Trinajstić information content (AvgIpc) is 2.27. The van der Waals surface area contributed by atoms with Gasteiger partial charge in [-0.2, -0.15) is 0 Å². The van der Waals surface area contributed by atoms with Gasteiger partial charge in [0.2, 0.25) is 0 Å². The smallest absolute Gasteiger partial charge is 0.128 e. The molecular formula is C15H24FN3. The summed E-state index contributed by atoms with van der Waals surface area (Å²) in [7, 11) is 6.30. The van der Waals surface area contributed by atoms with E-state index < -0.39 is 0 Å². The maximum atomic E-state index is 13.5. The van der Waals surface area contributed by atoms with Crippen LogP contribution >= 0.6 is 0 Å². The maximum Gasteiger partial charge on any atom is 0.128 e. The standard InChI is InChI=1S/C15H24FN3/c1-11-8-14(13(17)9-12(11)16)19(4)10-15(18(2)3)6-5-7-15/h8-9H,5-7,10,17H2,1-4H3. The Labute approximate surface area is 115 Å². The number of nitrogens with zero attached hydrogens (tertiary/aromatic N) is 2. The van der Waals surface area contributed by atoms with E-state index in [0.29, 0.717) is 11.3 Å². The van der Waals surface area contributed by atoms with Gasteiger partial charge in [0.1, 0.15) is 5.82 Å². The van der Waals surface area contributed by atoms with Crippen LogP contribution in [0.3, 0.4) is 0 Å². The number of rotatable bonds is 4. The molecule has 0 spiro atoms. The molecule has 1 fully saturated rings. The fraction of sp³-hybridized carbons (Fsp3) is 0.600. The molecule has 2 N–H and O–H groups in total. The van der Waals surface area contributed by atoms with Crippen molar-refractivity contribution in [1.29, 1.82) is 0 Å². The van der Waals surface area contributed by atoms with Crippen molar-refractivity contribution < 1.29 is 4.39 Å². The van der Waals surface area contributed by atoms with Gasteiger partial charge >= 0.3 is 0 Å². The summed E-state index contributed by atoms with van der Waals surface area (Å²) in [6.45, 7) is 2.70. The van der Waals surface area contributed by atoms with Crippen molar-refractivity contribution in [3.63, 3.8) is 0 Å². The van der Waals surface area contributed by atoms with Crippen LogP contribution in [0.5, 0.6) is 0 Å². The molecule has 106 valence electrons. The molecule has 0 heterocycles. The van der Waals surface area contributed by atoms with Crippen LogP contribution in [-0.2, 0) is 0 Å². The molecule has 0 bridgehead atoms. The van der Waals surface area contributed by atoms with E-state index in [9.17, 15) is 4.39 Å². The molecule has 4 heteroatoms. The van der Waals surface area contributed by atoms with Gasteiger partial charge in [-0.05, 0) is 58.0 Å². The van der Waals surface area contributed by atoms with Crippen molar-refractivity contribution in [2.24, 2.45) is 0 Å². The Morgan fingerprint density at radius 1 is 1.26 bits per heavy atom. The number of hydrogen-bond donors (Lipinski definition) is 1. The molecule has 1 aromatic rings. The second kappa shape index (κ2) is 5.00. The molecule has 1 aliphatic rings. The van der Waals surface area contributed by atoms with E-state index in [4.69, 9.17) is 5.73 Å². The van der Waals surface area contributed by atoms with E-state index in [1.54, 1.807) is 6.92 Å². The van der Waals surface area contributed by atoms with Gasteiger partial charge in [0, 0.05) is 19.1 Å². The number of hydrogen-bond acceptors (Lipinski definition) is 3.